The molecule has 0 unspecified atom stereocenters. The molecule has 90 valence electrons. The molecule has 0 aliphatic heterocycles. The summed E-state index contributed by atoms with van der Waals surface area (Å²) in [7, 11) is 0. The van der Waals surface area contributed by atoms with Crippen molar-refractivity contribution < 1.29 is 0 Å². The molecule has 0 spiro atoms. The molecule has 0 atom stereocenters. The third-order valence-electron chi connectivity index (χ3n) is 2.71. The molecule has 0 heterocycles. The van der Waals surface area contributed by atoms with E-state index in [2.05, 4.69) is 56.9 Å². The Bertz CT molecular complexity index is 318. The SMILES string of the molecule is CC(C)CN(c1ccccc1CN)C(C)C. The summed E-state index contributed by atoms with van der Waals surface area (Å²) < 4.78 is 0. The van der Waals surface area contributed by atoms with Crippen molar-refractivity contribution in [2.75, 3.05) is 11.4 Å². The number of para-hydroxylation sites is 1. The summed E-state index contributed by atoms with van der Waals surface area (Å²) >= 11 is 0. The number of nitrogens with two attached hydrogens (primary N) is 1. The van der Waals surface area contributed by atoms with E-state index in [9.17, 15) is 0 Å². The van der Waals surface area contributed by atoms with Crippen LogP contribution in [0.4, 0.5) is 5.69 Å². The summed E-state index contributed by atoms with van der Waals surface area (Å²) in [6.45, 7) is 10.7. The Balaban J connectivity index is 3.00. The number of anilines is 1. The normalized spacial score (nSPS) is 11.2. The van der Waals surface area contributed by atoms with E-state index in [1.165, 1.54) is 11.3 Å². The summed E-state index contributed by atoms with van der Waals surface area (Å²) in [5.74, 6) is 0.660. The fourth-order valence-electron chi connectivity index (χ4n) is 1.94. The van der Waals surface area contributed by atoms with Crippen molar-refractivity contribution >= 4 is 5.69 Å². The van der Waals surface area contributed by atoms with Gasteiger partial charge in [0.2, 0.25) is 0 Å². The van der Waals surface area contributed by atoms with Crippen LogP contribution in [0.3, 0.4) is 0 Å². The number of hydrogen-bond donors (Lipinski definition) is 1. The monoisotopic (exact) mass is 220 g/mol. The molecule has 0 saturated carbocycles. The lowest BCUT2D eigenvalue weighted by Gasteiger charge is -2.32. The lowest BCUT2D eigenvalue weighted by atomic mass is 10.1. The number of nitrogens with zero attached hydrogens (tertiary/aromatic N) is 1. The van der Waals surface area contributed by atoms with Gasteiger partial charge in [0.15, 0.2) is 0 Å². The van der Waals surface area contributed by atoms with E-state index in [-0.39, 0.29) is 0 Å². The highest BCUT2D eigenvalue weighted by atomic mass is 15.2. The zero-order valence-corrected chi connectivity index (χ0v) is 10.9. The predicted molar refractivity (Wildman–Crippen MR) is 71.7 cm³/mol. The lowest BCUT2D eigenvalue weighted by Crippen LogP contribution is -2.35. The van der Waals surface area contributed by atoms with Gasteiger partial charge in [-0.2, -0.15) is 0 Å². The minimum Gasteiger partial charge on any atom is -0.369 e. The van der Waals surface area contributed by atoms with Gasteiger partial charge in [0, 0.05) is 24.8 Å². The standard InChI is InChI=1S/C14H24N2/c1-11(2)10-16(12(3)4)14-8-6-5-7-13(14)9-15/h5-8,11-12H,9-10,15H2,1-4H3. The van der Waals surface area contributed by atoms with Gasteiger partial charge in [-0.15, -0.1) is 0 Å². The average Bonchev–Trinajstić information content (AvgIpc) is 2.25. The van der Waals surface area contributed by atoms with Crippen LogP contribution in [0, 0.1) is 5.92 Å². The van der Waals surface area contributed by atoms with Crippen molar-refractivity contribution in [3.63, 3.8) is 0 Å². The largest absolute Gasteiger partial charge is 0.369 e. The van der Waals surface area contributed by atoms with E-state index in [0.29, 0.717) is 18.5 Å². The van der Waals surface area contributed by atoms with E-state index in [1.807, 2.05) is 0 Å². The maximum absolute atomic E-state index is 5.79. The van der Waals surface area contributed by atoms with Crippen molar-refractivity contribution in [3.8, 4) is 0 Å². The van der Waals surface area contributed by atoms with Crippen LogP contribution in [0.2, 0.25) is 0 Å². The molecule has 1 rings (SSSR count). The van der Waals surface area contributed by atoms with Crippen molar-refractivity contribution in [1.29, 1.82) is 0 Å². The van der Waals surface area contributed by atoms with E-state index < -0.39 is 0 Å². The highest BCUT2D eigenvalue weighted by Gasteiger charge is 2.14. The Morgan fingerprint density at radius 1 is 1.12 bits per heavy atom. The van der Waals surface area contributed by atoms with Crippen LogP contribution < -0.4 is 10.6 Å². The maximum atomic E-state index is 5.79. The molecule has 0 amide bonds. The molecule has 0 bridgehead atoms. The van der Waals surface area contributed by atoms with Crippen LogP contribution in [-0.2, 0) is 6.54 Å². The van der Waals surface area contributed by atoms with E-state index in [1.54, 1.807) is 0 Å². The molecule has 2 N–H and O–H groups in total. The lowest BCUT2D eigenvalue weighted by molar-refractivity contribution is 0.569. The molecule has 1 aromatic carbocycles. The summed E-state index contributed by atoms with van der Waals surface area (Å²) in [6, 6.07) is 8.94. The second-order valence-corrected chi connectivity index (χ2v) is 4.97. The van der Waals surface area contributed by atoms with Crippen LogP contribution in [0.15, 0.2) is 24.3 Å². The van der Waals surface area contributed by atoms with Crippen molar-refractivity contribution in [2.45, 2.75) is 40.3 Å². The number of hydrogen-bond acceptors (Lipinski definition) is 2. The van der Waals surface area contributed by atoms with Gasteiger partial charge in [-0.1, -0.05) is 32.0 Å². The van der Waals surface area contributed by atoms with Gasteiger partial charge in [0.1, 0.15) is 0 Å². The summed E-state index contributed by atoms with van der Waals surface area (Å²) in [5, 5.41) is 0. The highest BCUT2D eigenvalue weighted by molar-refractivity contribution is 5.54. The van der Waals surface area contributed by atoms with E-state index in [0.717, 1.165) is 6.54 Å². The van der Waals surface area contributed by atoms with Gasteiger partial charge in [-0.25, -0.2) is 0 Å². The molecular weight excluding hydrogens is 196 g/mol. The average molecular weight is 220 g/mol. The molecule has 0 aliphatic rings. The Morgan fingerprint density at radius 3 is 2.25 bits per heavy atom. The second kappa shape index (κ2) is 5.90. The number of rotatable bonds is 5. The van der Waals surface area contributed by atoms with Gasteiger partial charge < -0.3 is 10.6 Å². The zero-order chi connectivity index (χ0) is 12.1. The van der Waals surface area contributed by atoms with Gasteiger partial charge >= 0.3 is 0 Å². The Labute approximate surface area is 99.5 Å². The molecule has 2 heteroatoms. The molecule has 2 nitrogen and oxygen atoms in total. The van der Waals surface area contributed by atoms with Crippen LogP contribution in [0.1, 0.15) is 33.3 Å². The number of benzene rings is 1. The summed E-state index contributed by atoms with van der Waals surface area (Å²) in [6.07, 6.45) is 0. The van der Waals surface area contributed by atoms with Crippen molar-refractivity contribution in [1.82, 2.24) is 0 Å². The molecule has 0 saturated heterocycles. The Hall–Kier alpha value is -1.02. The molecule has 0 radical (unpaired) electrons. The minimum atomic E-state index is 0.509. The third kappa shape index (κ3) is 3.24. The molecular formula is C14H24N2. The second-order valence-electron chi connectivity index (χ2n) is 4.97. The fourth-order valence-corrected chi connectivity index (χ4v) is 1.94. The Morgan fingerprint density at radius 2 is 1.75 bits per heavy atom. The first-order valence-electron chi connectivity index (χ1n) is 6.10. The van der Waals surface area contributed by atoms with Gasteiger partial charge in [-0.05, 0) is 31.4 Å². The van der Waals surface area contributed by atoms with Crippen LogP contribution in [0.25, 0.3) is 0 Å². The Kier molecular flexibility index (Phi) is 4.81. The first kappa shape index (κ1) is 13.0. The molecule has 1 aromatic rings. The third-order valence-corrected chi connectivity index (χ3v) is 2.71. The van der Waals surface area contributed by atoms with Gasteiger partial charge in [-0.3, -0.25) is 0 Å². The van der Waals surface area contributed by atoms with E-state index in [4.69, 9.17) is 5.73 Å². The fraction of sp³-hybridized carbons (Fsp3) is 0.571. The van der Waals surface area contributed by atoms with Gasteiger partial charge in [0.25, 0.3) is 0 Å². The van der Waals surface area contributed by atoms with Crippen LogP contribution in [-0.4, -0.2) is 12.6 Å². The summed E-state index contributed by atoms with van der Waals surface area (Å²) in [5.41, 5.74) is 8.31. The topological polar surface area (TPSA) is 29.3 Å². The molecule has 16 heavy (non-hydrogen) atoms. The van der Waals surface area contributed by atoms with Crippen molar-refractivity contribution in [3.05, 3.63) is 29.8 Å². The van der Waals surface area contributed by atoms with Crippen LogP contribution in [0.5, 0.6) is 0 Å². The van der Waals surface area contributed by atoms with Crippen molar-refractivity contribution in [2.24, 2.45) is 11.7 Å². The first-order chi connectivity index (χ1) is 7.56. The predicted octanol–water partition coefficient (Wildman–Crippen LogP) is 3.02. The highest BCUT2D eigenvalue weighted by Crippen LogP contribution is 2.23. The molecule has 0 aliphatic carbocycles. The van der Waals surface area contributed by atoms with E-state index >= 15 is 0 Å². The first-order valence-corrected chi connectivity index (χ1v) is 6.10. The maximum Gasteiger partial charge on any atom is 0.0414 e. The molecule has 0 fully saturated rings. The minimum absolute atomic E-state index is 0.509. The quantitative estimate of drug-likeness (QED) is 0.826. The smallest absolute Gasteiger partial charge is 0.0414 e. The van der Waals surface area contributed by atoms with Gasteiger partial charge in [0.05, 0.1) is 0 Å². The zero-order valence-electron chi connectivity index (χ0n) is 10.9. The van der Waals surface area contributed by atoms with Crippen LogP contribution >= 0.6 is 0 Å². The summed E-state index contributed by atoms with van der Waals surface area (Å²) in [4.78, 5) is 2.44. The molecule has 0 aromatic heterocycles.